The number of hydrogen-bond donors (Lipinski definition) is 2. The minimum absolute atomic E-state index is 0.139. The van der Waals surface area contributed by atoms with Gasteiger partial charge in [0.05, 0.1) is 12.1 Å². The lowest BCUT2D eigenvalue weighted by Crippen LogP contribution is -2.55. The Morgan fingerprint density at radius 2 is 1.85 bits per heavy atom. The molecule has 1 heterocycles. The van der Waals surface area contributed by atoms with Gasteiger partial charge in [-0.2, -0.15) is 5.10 Å². The van der Waals surface area contributed by atoms with Crippen LogP contribution in [0, 0.1) is 11.2 Å². The van der Waals surface area contributed by atoms with Gasteiger partial charge in [0.1, 0.15) is 17.6 Å². The highest BCUT2D eigenvalue weighted by Crippen LogP contribution is 2.24. The number of aromatic nitrogens is 2. The van der Waals surface area contributed by atoms with Crippen LogP contribution < -0.4 is 10.6 Å². The Labute approximate surface area is 197 Å². The van der Waals surface area contributed by atoms with Crippen LogP contribution in [0.25, 0.3) is 10.9 Å². The lowest BCUT2D eigenvalue weighted by molar-refractivity contribution is -0.126. The maximum Gasteiger partial charge on any atom is 0.273 e. The molecule has 2 aromatic carbocycles. The van der Waals surface area contributed by atoms with Crippen LogP contribution in [0.3, 0.4) is 0 Å². The molecule has 178 valence electrons. The van der Waals surface area contributed by atoms with Crippen molar-refractivity contribution in [1.82, 2.24) is 20.4 Å². The largest absolute Gasteiger partial charge is 0.351 e. The van der Waals surface area contributed by atoms with Crippen molar-refractivity contribution in [2.75, 3.05) is 0 Å². The molecule has 0 unspecified atom stereocenters. The number of Topliss-reactive ketones (excluding diaryl/α,β-unsaturated/α-hetero) is 1. The maximum atomic E-state index is 13.3. The van der Waals surface area contributed by atoms with Crippen molar-refractivity contribution in [3.63, 3.8) is 0 Å². The molecule has 0 aliphatic heterocycles. The van der Waals surface area contributed by atoms with E-state index in [0.717, 1.165) is 11.1 Å². The summed E-state index contributed by atoms with van der Waals surface area (Å²) in [7, 11) is 0. The van der Waals surface area contributed by atoms with Crippen LogP contribution in [-0.4, -0.2) is 39.5 Å². The third-order valence-corrected chi connectivity index (χ3v) is 6.11. The number of benzene rings is 2. The van der Waals surface area contributed by atoms with E-state index in [1.807, 2.05) is 45.0 Å². The van der Waals surface area contributed by atoms with E-state index in [4.69, 9.17) is 0 Å². The van der Waals surface area contributed by atoms with E-state index >= 15 is 0 Å². The predicted octanol–water partition coefficient (Wildman–Crippen LogP) is 3.61. The fraction of sp³-hybridized carbons (Fsp3) is 0.385. The zero-order chi connectivity index (χ0) is 24.5. The number of ketones is 1. The second-order valence-corrected chi connectivity index (χ2v) is 9.91. The minimum atomic E-state index is -0.809. The molecule has 1 aromatic heterocycles. The van der Waals surface area contributed by atoms with E-state index in [9.17, 15) is 18.8 Å². The molecule has 0 radical (unpaired) electrons. The number of rotatable bonds is 6. The first-order chi connectivity index (χ1) is 16.1. The van der Waals surface area contributed by atoms with Gasteiger partial charge in [0, 0.05) is 24.3 Å². The summed E-state index contributed by atoms with van der Waals surface area (Å²) >= 11 is 0. The van der Waals surface area contributed by atoms with E-state index in [2.05, 4.69) is 15.7 Å². The van der Waals surface area contributed by atoms with Crippen LogP contribution in [0.1, 0.15) is 56.1 Å². The van der Waals surface area contributed by atoms with E-state index in [1.54, 1.807) is 16.8 Å². The Bertz CT molecular complexity index is 1230. The number of nitrogens with one attached hydrogen (secondary N) is 2. The second-order valence-electron chi connectivity index (χ2n) is 9.91. The Kier molecular flexibility index (Phi) is 6.50. The Morgan fingerprint density at radius 1 is 1.15 bits per heavy atom. The SMILES string of the molecule is CC(C)(C)[C@H](NC(=O)c1nn(Cc2ccc(F)cc2)c2ccccc12)C(=O)N[C@@H]1CCC(=O)C1. The zero-order valence-corrected chi connectivity index (χ0v) is 19.6. The fourth-order valence-electron chi connectivity index (χ4n) is 4.28. The zero-order valence-electron chi connectivity index (χ0n) is 19.6. The van der Waals surface area contributed by atoms with Gasteiger partial charge < -0.3 is 10.6 Å². The molecule has 0 saturated heterocycles. The molecule has 8 heteroatoms. The van der Waals surface area contributed by atoms with Crippen molar-refractivity contribution in [3.05, 3.63) is 65.6 Å². The summed E-state index contributed by atoms with van der Waals surface area (Å²) in [5.74, 6) is -0.940. The third-order valence-electron chi connectivity index (χ3n) is 6.11. The summed E-state index contributed by atoms with van der Waals surface area (Å²) in [5.41, 5.74) is 1.27. The van der Waals surface area contributed by atoms with Crippen molar-refractivity contribution in [2.24, 2.45) is 5.41 Å². The van der Waals surface area contributed by atoms with Gasteiger partial charge in [0.25, 0.3) is 5.91 Å². The van der Waals surface area contributed by atoms with Crippen LogP contribution in [-0.2, 0) is 16.1 Å². The first-order valence-corrected chi connectivity index (χ1v) is 11.4. The fourth-order valence-corrected chi connectivity index (χ4v) is 4.28. The molecule has 7 nitrogen and oxygen atoms in total. The van der Waals surface area contributed by atoms with Crippen molar-refractivity contribution in [1.29, 1.82) is 0 Å². The first kappa shape index (κ1) is 23.6. The molecule has 2 atom stereocenters. The summed E-state index contributed by atoms with van der Waals surface area (Å²) in [4.78, 5) is 38.0. The molecule has 2 N–H and O–H groups in total. The normalized spacial score (nSPS) is 17.1. The molecule has 1 fully saturated rings. The summed E-state index contributed by atoms with van der Waals surface area (Å²) in [6, 6.07) is 12.5. The van der Waals surface area contributed by atoms with Gasteiger partial charge in [-0.15, -0.1) is 0 Å². The molecule has 4 rings (SSSR count). The maximum absolute atomic E-state index is 13.3. The molecule has 0 bridgehead atoms. The topological polar surface area (TPSA) is 93.1 Å². The predicted molar refractivity (Wildman–Crippen MR) is 127 cm³/mol. The highest BCUT2D eigenvalue weighted by atomic mass is 19.1. The number of carbonyl (C=O) groups is 3. The summed E-state index contributed by atoms with van der Waals surface area (Å²) < 4.78 is 15.0. The van der Waals surface area contributed by atoms with Crippen LogP contribution in [0.5, 0.6) is 0 Å². The lowest BCUT2D eigenvalue weighted by Gasteiger charge is -2.31. The van der Waals surface area contributed by atoms with Crippen molar-refractivity contribution < 1.29 is 18.8 Å². The number of nitrogens with zero attached hydrogens (tertiary/aromatic N) is 2. The average Bonchev–Trinajstić information content (AvgIpc) is 3.36. The lowest BCUT2D eigenvalue weighted by atomic mass is 9.85. The van der Waals surface area contributed by atoms with Gasteiger partial charge in [-0.25, -0.2) is 4.39 Å². The van der Waals surface area contributed by atoms with Gasteiger partial charge in [-0.1, -0.05) is 51.1 Å². The standard InChI is InChI=1S/C26H29FN4O3/c1-26(2,3)23(25(34)28-18-12-13-19(32)14-18)29-24(33)22-20-6-4-5-7-21(20)31(30-22)15-16-8-10-17(27)11-9-16/h4-11,18,23H,12-15H2,1-3H3,(H,28,34)(H,29,33)/t18-,23-/m1/s1. The van der Waals surface area contributed by atoms with Crippen LogP contribution in [0.4, 0.5) is 4.39 Å². The number of amides is 2. The highest BCUT2D eigenvalue weighted by molar-refractivity contribution is 6.06. The number of para-hydroxylation sites is 1. The molecule has 2 amide bonds. The van der Waals surface area contributed by atoms with Crippen molar-refractivity contribution >= 4 is 28.5 Å². The highest BCUT2D eigenvalue weighted by Gasteiger charge is 2.36. The molecule has 3 aromatic rings. The number of fused-ring (bicyclic) bond motifs is 1. The molecule has 1 aliphatic rings. The van der Waals surface area contributed by atoms with Gasteiger partial charge in [-0.3, -0.25) is 19.1 Å². The van der Waals surface area contributed by atoms with Crippen molar-refractivity contribution in [2.45, 2.75) is 58.7 Å². The van der Waals surface area contributed by atoms with Gasteiger partial charge in [-0.05, 0) is 35.6 Å². The summed E-state index contributed by atoms with van der Waals surface area (Å²) in [6.07, 6.45) is 1.41. The molecule has 0 spiro atoms. The molecule has 1 aliphatic carbocycles. The molecule has 34 heavy (non-hydrogen) atoms. The van der Waals surface area contributed by atoms with E-state index in [0.29, 0.717) is 31.2 Å². The first-order valence-electron chi connectivity index (χ1n) is 11.4. The van der Waals surface area contributed by atoms with Crippen LogP contribution >= 0.6 is 0 Å². The monoisotopic (exact) mass is 464 g/mol. The number of halogens is 1. The average molecular weight is 465 g/mol. The molecule has 1 saturated carbocycles. The summed E-state index contributed by atoms with van der Waals surface area (Å²) in [6.45, 7) is 6.00. The van der Waals surface area contributed by atoms with Gasteiger partial charge >= 0.3 is 0 Å². The quantitative estimate of drug-likeness (QED) is 0.583. The van der Waals surface area contributed by atoms with E-state index in [-0.39, 0.29) is 29.2 Å². The van der Waals surface area contributed by atoms with Crippen molar-refractivity contribution in [3.8, 4) is 0 Å². The van der Waals surface area contributed by atoms with E-state index in [1.165, 1.54) is 12.1 Å². The Hall–Kier alpha value is -3.55. The van der Waals surface area contributed by atoms with Crippen LogP contribution in [0.2, 0.25) is 0 Å². The third kappa shape index (κ3) is 5.16. The van der Waals surface area contributed by atoms with Gasteiger partial charge in [0.2, 0.25) is 5.91 Å². The second kappa shape index (κ2) is 9.37. The minimum Gasteiger partial charge on any atom is -0.351 e. The summed E-state index contributed by atoms with van der Waals surface area (Å²) in [5, 5.41) is 11.0. The number of carbonyl (C=O) groups excluding carboxylic acids is 3. The van der Waals surface area contributed by atoms with Gasteiger partial charge in [0.15, 0.2) is 5.69 Å². The Balaban J connectivity index is 1.58. The Morgan fingerprint density at radius 3 is 2.50 bits per heavy atom. The van der Waals surface area contributed by atoms with Crippen LogP contribution in [0.15, 0.2) is 48.5 Å². The smallest absolute Gasteiger partial charge is 0.273 e. The number of hydrogen-bond acceptors (Lipinski definition) is 4. The van der Waals surface area contributed by atoms with E-state index < -0.39 is 17.4 Å². The molecular weight excluding hydrogens is 435 g/mol. The molecular formula is C26H29FN4O3.